The number of rotatable bonds is 9. The van der Waals surface area contributed by atoms with Crippen LogP contribution in [0.25, 0.3) is 33.8 Å². The van der Waals surface area contributed by atoms with Gasteiger partial charge in [-0.1, -0.05) is 39.2 Å². The molecular weight excluding hydrogens is 566 g/mol. The number of methoxy groups -OCH3 is 1. The molecule has 1 fully saturated rings. The van der Waals surface area contributed by atoms with Crippen LogP contribution in [-0.4, -0.2) is 46.6 Å². The van der Waals surface area contributed by atoms with Crippen molar-refractivity contribution in [2.75, 3.05) is 20.3 Å². The van der Waals surface area contributed by atoms with Gasteiger partial charge < -0.3 is 18.8 Å². The number of carbonyl (C=O) groups is 2. The number of ether oxygens (including phenoxy) is 3. The molecule has 0 saturated heterocycles. The molecule has 45 heavy (non-hydrogen) atoms. The smallest absolute Gasteiger partial charge is 0.341 e. The number of hydrogen-bond donors (Lipinski definition) is 0. The molecule has 6 rings (SSSR count). The molecule has 2 aliphatic rings. The minimum atomic E-state index is -0.390. The molecule has 0 bridgehead atoms. The summed E-state index contributed by atoms with van der Waals surface area (Å²) in [5, 5.41) is 5.74. The molecule has 1 aliphatic carbocycles. The van der Waals surface area contributed by atoms with Crippen LogP contribution >= 0.6 is 0 Å². The minimum absolute atomic E-state index is 0.248. The number of benzene rings is 2. The van der Waals surface area contributed by atoms with Gasteiger partial charge in [0.05, 0.1) is 50.0 Å². The minimum Gasteiger partial charge on any atom is -0.497 e. The summed E-state index contributed by atoms with van der Waals surface area (Å²) < 4.78 is 21.0. The fourth-order valence-corrected chi connectivity index (χ4v) is 6.96. The highest BCUT2D eigenvalue weighted by atomic mass is 16.5. The molecule has 0 atom stereocenters. The lowest BCUT2D eigenvalue weighted by Crippen LogP contribution is -2.12. The lowest BCUT2D eigenvalue weighted by molar-refractivity contribution is 0.0458. The summed E-state index contributed by atoms with van der Waals surface area (Å²) in [5.41, 5.74) is 8.26. The van der Waals surface area contributed by atoms with Crippen molar-refractivity contribution < 1.29 is 23.8 Å². The Balaban J connectivity index is 1.63. The van der Waals surface area contributed by atoms with E-state index in [1.807, 2.05) is 50.6 Å². The Kier molecular flexibility index (Phi) is 8.83. The Morgan fingerprint density at radius 3 is 2.49 bits per heavy atom. The van der Waals surface area contributed by atoms with E-state index in [-0.39, 0.29) is 24.5 Å². The molecule has 0 unspecified atom stereocenters. The third-order valence-electron chi connectivity index (χ3n) is 9.01. The Bertz CT molecular complexity index is 1770. The predicted molar refractivity (Wildman–Crippen MR) is 177 cm³/mol. The Morgan fingerprint density at radius 2 is 1.78 bits per heavy atom. The van der Waals surface area contributed by atoms with E-state index in [1.165, 1.54) is 24.8 Å². The van der Waals surface area contributed by atoms with Gasteiger partial charge in [-0.2, -0.15) is 5.10 Å². The summed E-state index contributed by atoms with van der Waals surface area (Å²) in [4.78, 5) is 26.4. The first-order valence-electron chi connectivity index (χ1n) is 16.3. The topological polar surface area (TPSA) is 84.6 Å². The van der Waals surface area contributed by atoms with Gasteiger partial charge in [0, 0.05) is 23.0 Å². The van der Waals surface area contributed by atoms with Gasteiger partial charge in [-0.05, 0) is 91.6 Å². The summed E-state index contributed by atoms with van der Waals surface area (Å²) in [7, 11) is 1.68. The van der Waals surface area contributed by atoms with Crippen molar-refractivity contribution in [1.82, 2.24) is 14.3 Å². The molecule has 1 saturated carbocycles. The molecule has 0 amide bonds. The van der Waals surface area contributed by atoms with Gasteiger partial charge in [0.1, 0.15) is 11.3 Å². The molecule has 0 spiro atoms. The number of carbonyl (C=O) groups excluding carboxylic acids is 2. The third kappa shape index (κ3) is 5.78. The average molecular weight is 610 g/mol. The number of esters is 2. The Labute approximate surface area is 265 Å². The fraction of sp³-hybridized carbons (Fsp3) is 0.432. The third-order valence-corrected chi connectivity index (χ3v) is 9.01. The van der Waals surface area contributed by atoms with E-state index in [1.54, 1.807) is 13.3 Å². The molecule has 0 N–H and O–H groups in total. The summed E-state index contributed by atoms with van der Waals surface area (Å²) in [6.07, 6.45) is 9.70. The van der Waals surface area contributed by atoms with Crippen molar-refractivity contribution in [1.29, 1.82) is 0 Å². The highest BCUT2D eigenvalue weighted by molar-refractivity contribution is 6.03. The summed E-state index contributed by atoms with van der Waals surface area (Å²) >= 11 is 0. The van der Waals surface area contributed by atoms with Crippen LogP contribution in [0.5, 0.6) is 5.75 Å². The van der Waals surface area contributed by atoms with E-state index in [0.717, 1.165) is 57.6 Å². The number of fused-ring (bicyclic) bond motifs is 5. The molecule has 8 heteroatoms. The molecular formula is C37H43N3O5. The van der Waals surface area contributed by atoms with Crippen LogP contribution in [0, 0.1) is 5.92 Å². The standard InChI is InChI=1S/C37H43N3O5/c1-6-40-34(31(20-38-40)37(42)44-7-2)27-17-26-18-28(43-5)14-16-29(26)35-33(24-11-9-8-10-12-24)30-15-13-25(19-32(30)39(35)21-27)36(41)45-22-23(3)4/h13-20,23-24H,6-12,21-22H2,1-5H3. The van der Waals surface area contributed by atoms with Gasteiger partial charge in [0.15, 0.2) is 0 Å². The maximum atomic E-state index is 13.2. The number of aromatic nitrogens is 3. The van der Waals surface area contributed by atoms with Gasteiger partial charge in [-0.3, -0.25) is 4.68 Å². The van der Waals surface area contributed by atoms with E-state index in [4.69, 9.17) is 14.2 Å². The number of aryl methyl sites for hydroxylation is 1. The number of allylic oxidation sites excluding steroid dienone is 1. The summed E-state index contributed by atoms with van der Waals surface area (Å²) in [6.45, 7) is 9.62. The lowest BCUT2D eigenvalue weighted by Gasteiger charge is -2.24. The monoisotopic (exact) mass is 609 g/mol. The SMILES string of the molecule is CCOC(=O)c1cnn(CC)c1C1=Cc2cc(OC)ccc2-c2c(C3CCCCC3)c3ccc(C(=O)OCC(C)C)cc3n2C1. The number of nitrogens with zero attached hydrogens (tertiary/aromatic N) is 3. The zero-order valence-electron chi connectivity index (χ0n) is 27.0. The second-order valence-electron chi connectivity index (χ2n) is 12.5. The van der Waals surface area contributed by atoms with Crippen LogP contribution in [0.2, 0.25) is 0 Å². The zero-order valence-corrected chi connectivity index (χ0v) is 27.0. The maximum absolute atomic E-state index is 13.2. The van der Waals surface area contributed by atoms with Gasteiger partial charge >= 0.3 is 11.9 Å². The highest BCUT2D eigenvalue weighted by Crippen LogP contribution is 2.48. The Hall–Kier alpha value is -4.33. The van der Waals surface area contributed by atoms with Gasteiger partial charge in [-0.15, -0.1) is 0 Å². The van der Waals surface area contributed by atoms with Crippen molar-refractivity contribution in [2.24, 2.45) is 5.92 Å². The van der Waals surface area contributed by atoms with E-state index in [9.17, 15) is 9.59 Å². The van der Waals surface area contributed by atoms with E-state index in [2.05, 4.69) is 33.9 Å². The molecule has 0 radical (unpaired) electrons. The van der Waals surface area contributed by atoms with Crippen LogP contribution in [0.15, 0.2) is 42.6 Å². The fourth-order valence-electron chi connectivity index (χ4n) is 6.96. The van der Waals surface area contributed by atoms with Crippen molar-refractivity contribution in [3.8, 4) is 17.0 Å². The molecule has 4 aromatic rings. The molecule has 2 aromatic carbocycles. The average Bonchev–Trinajstić information content (AvgIpc) is 3.58. The quantitative estimate of drug-likeness (QED) is 0.178. The molecule has 1 aliphatic heterocycles. The lowest BCUT2D eigenvalue weighted by atomic mass is 9.81. The second-order valence-corrected chi connectivity index (χ2v) is 12.5. The van der Waals surface area contributed by atoms with E-state index >= 15 is 0 Å². The highest BCUT2D eigenvalue weighted by Gasteiger charge is 2.31. The van der Waals surface area contributed by atoms with Crippen molar-refractivity contribution in [2.45, 2.75) is 78.8 Å². The first-order valence-corrected chi connectivity index (χ1v) is 16.3. The van der Waals surface area contributed by atoms with Gasteiger partial charge in [0.2, 0.25) is 0 Å². The summed E-state index contributed by atoms with van der Waals surface area (Å²) in [5.74, 6) is 0.711. The molecule has 2 aromatic heterocycles. The van der Waals surface area contributed by atoms with Crippen molar-refractivity contribution in [3.05, 3.63) is 70.5 Å². The maximum Gasteiger partial charge on any atom is 0.341 e. The number of hydrogen-bond acceptors (Lipinski definition) is 6. The van der Waals surface area contributed by atoms with E-state index < -0.39 is 0 Å². The van der Waals surface area contributed by atoms with Crippen molar-refractivity contribution in [3.63, 3.8) is 0 Å². The van der Waals surface area contributed by atoms with Gasteiger partial charge in [-0.25, -0.2) is 9.59 Å². The molecule has 8 nitrogen and oxygen atoms in total. The first-order chi connectivity index (χ1) is 21.8. The normalized spacial score (nSPS) is 14.9. The molecule has 3 heterocycles. The molecule has 236 valence electrons. The van der Waals surface area contributed by atoms with Crippen LogP contribution in [0.1, 0.15) is 103 Å². The van der Waals surface area contributed by atoms with Gasteiger partial charge in [0.25, 0.3) is 0 Å². The van der Waals surface area contributed by atoms with E-state index in [0.29, 0.717) is 36.7 Å². The van der Waals surface area contributed by atoms with Crippen LogP contribution in [0.3, 0.4) is 0 Å². The zero-order chi connectivity index (χ0) is 31.7. The predicted octanol–water partition coefficient (Wildman–Crippen LogP) is 8.12. The largest absolute Gasteiger partial charge is 0.497 e. The summed E-state index contributed by atoms with van der Waals surface area (Å²) in [6, 6.07) is 12.2. The van der Waals surface area contributed by atoms with Crippen LogP contribution < -0.4 is 4.74 Å². The van der Waals surface area contributed by atoms with Crippen molar-refractivity contribution >= 4 is 34.5 Å². The van der Waals surface area contributed by atoms with Crippen LogP contribution in [-0.2, 0) is 22.6 Å². The Morgan fingerprint density at radius 1 is 0.978 bits per heavy atom. The first kappa shape index (κ1) is 30.7. The van der Waals surface area contributed by atoms with Crippen LogP contribution in [0.4, 0.5) is 0 Å². The second kappa shape index (κ2) is 13.0.